The molecule has 0 bridgehead atoms. The molecular formula is C13H10ClNO4. The highest BCUT2D eigenvalue weighted by molar-refractivity contribution is 6.35. The number of carboxylic acids is 1. The molecule has 0 unspecified atom stereocenters. The van der Waals surface area contributed by atoms with Crippen molar-refractivity contribution in [1.82, 2.24) is 0 Å². The van der Waals surface area contributed by atoms with E-state index in [1.165, 1.54) is 12.3 Å². The van der Waals surface area contributed by atoms with Crippen LogP contribution in [0.1, 0.15) is 16.8 Å². The Bertz CT molecular complexity index is 708. The lowest BCUT2D eigenvalue weighted by Gasteiger charge is -2.05. The molecule has 1 heterocycles. The fourth-order valence-electron chi connectivity index (χ4n) is 2.22. The molecule has 0 spiro atoms. The summed E-state index contributed by atoms with van der Waals surface area (Å²) in [5.74, 6) is -2.14. The summed E-state index contributed by atoms with van der Waals surface area (Å²) in [6.45, 7) is 0. The summed E-state index contributed by atoms with van der Waals surface area (Å²) >= 11 is 6.01. The van der Waals surface area contributed by atoms with Gasteiger partial charge in [0.1, 0.15) is 5.54 Å². The second-order valence-electron chi connectivity index (χ2n) is 4.76. The van der Waals surface area contributed by atoms with E-state index in [1.54, 1.807) is 12.1 Å². The highest BCUT2D eigenvalue weighted by atomic mass is 35.5. The van der Waals surface area contributed by atoms with Crippen molar-refractivity contribution in [3.63, 3.8) is 0 Å². The molecule has 1 aromatic heterocycles. The van der Waals surface area contributed by atoms with Gasteiger partial charge in [0, 0.05) is 10.9 Å². The number of carboxylic acid groups (broad SMARTS) is 1. The summed E-state index contributed by atoms with van der Waals surface area (Å²) in [7, 11) is 0. The highest BCUT2D eigenvalue weighted by Crippen LogP contribution is 2.44. The van der Waals surface area contributed by atoms with Crippen molar-refractivity contribution in [2.24, 2.45) is 11.7 Å². The largest absolute Gasteiger partial charge is 0.480 e. The van der Waals surface area contributed by atoms with Crippen molar-refractivity contribution in [2.45, 2.75) is 12.0 Å². The molecule has 0 radical (unpaired) electrons. The van der Waals surface area contributed by atoms with Crippen LogP contribution in [0.2, 0.25) is 5.02 Å². The Labute approximate surface area is 112 Å². The zero-order chi connectivity index (χ0) is 13.8. The number of hydrogen-bond acceptors (Lipinski definition) is 4. The molecule has 3 rings (SSSR count). The van der Waals surface area contributed by atoms with Crippen LogP contribution >= 0.6 is 11.6 Å². The van der Waals surface area contributed by atoms with Gasteiger partial charge in [-0.05, 0) is 24.6 Å². The van der Waals surface area contributed by atoms with Crippen molar-refractivity contribution < 1.29 is 19.1 Å². The molecule has 1 aliphatic carbocycles. The first-order valence-corrected chi connectivity index (χ1v) is 6.04. The van der Waals surface area contributed by atoms with Crippen molar-refractivity contribution in [3.05, 3.63) is 35.0 Å². The third kappa shape index (κ3) is 1.74. The maximum absolute atomic E-state index is 12.2. The predicted molar refractivity (Wildman–Crippen MR) is 68.2 cm³/mol. The maximum Gasteiger partial charge on any atom is 0.324 e. The molecule has 0 amide bonds. The number of rotatable bonds is 3. The fourth-order valence-corrected chi connectivity index (χ4v) is 2.49. The SMILES string of the molecule is N[C@]1(C(=O)O)C[C@@H]1C(=O)c1cc(Cl)c2occc2c1. The number of fused-ring (bicyclic) bond motifs is 1. The third-order valence-corrected chi connectivity index (χ3v) is 3.79. The van der Waals surface area contributed by atoms with Crippen LogP contribution < -0.4 is 5.73 Å². The van der Waals surface area contributed by atoms with E-state index in [2.05, 4.69) is 0 Å². The zero-order valence-corrected chi connectivity index (χ0v) is 10.5. The topological polar surface area (TPSA) is 93.5 Å². The second-order valence-corrected chi connectivity index (χ2v) is 5.17. The smallest absolute Gasteiger partial charge is 0.324 e. The van der Waals surface area contributed by atoms with Gasteiger partial charge in [-0.3, -0.25) is 9.59 Å². The van der Waals surface area contributed by atoms with E-state index in [-0.39, 0.29) is 12.2 Å². The average molecular weight is 280 g/mol. The van der Waals surface area contributed by atoms with E-state index in [4.69, 9.17) is 26.9 Å². The van der Waals surface area contributed by atoms with Gasteiger partial charge < -0.3 is 15.3 Å². The number of aliphatic carboxylic acids is 1. The summed E-state index contributed by atoms with van der Waals surface area (Å²) in [6.07, 6.45) is 1.63. The second kappa shape index (κ2) is 3.82. The maximum atomic E-state index is 12.2. The van der Waals surface area contributed by atoms with Gasteiger partial charge in [-0.15, -0.1) is 0 Å². The van der Waals surface area contributed by atoms with Gasteiger partial charge in [0.25, 0.3) is 0 Å². The lowest BCUT2D eigenvalue weighted by atomic mass is 10.0. The molecule has 1 saturated carbocycles. The number of furan rings is 1. The predicted octanol–water partition coefficient (Wildman–Crippen LogP) is 2.07. The minimum absolute atomic E-state index is 0.155. The standard InChI is InChI=1S/C13H10ClNO4/c14-9-4-7(3-6-1-2-19-11(6)9)10(16)8-5-13(8,15)12(17)18/h1-4,8H,5,15H2,(H,17,18)/t8-,13-/m1/s1. The summed E-state index contributed by atoms with van der Waals surface area (Å²) in [5.41, 5.74) is 5.06. The Morgan fingerprint density at radius 2 is 2.21 bits per heavy atom. The minimum atomic E-state index is -1.44. The first kappa shape index (κ1) is 12.2. The van der Waals surface area contributed by atoms with E-state index >= 15 is 0 Å². The van der Waals surface area contributed by atoms with Crippen LogP contribution in [0.15, 0.2) is 28.9 Å². The van der Waals surface area contributed by atoms with Gasteiger partial charge in [-0.25, -0.2) is 0 Å². The van der Waals surface area contributed by atoms with Crippen molar-refractivity contribution in [3.8, 4) is 0 Å². The van der Waals surface area contributed by atoms with Crippen molar-refractivity contribution >= 4 is 34.3 Å². The van der Waals surface area contributed by atoms with Crippen molar-refractivity contribution in [1.29, 1.82) is 0 Å². The van der Waals surface area contributed by atoms with Crippen LogP contribution in [-0.2, 0) is 4.79 Å². The number of hydrogen-bond donors (Lipinski definition) is 2. The van der Waals surface area contributed by atoms with Crippen molar-refractivity contribution in [2.75, 3.05) is 0 Å². The van der Waals surface area contributed by atoms with Gasteiger partial charge in [0.05, 0.1) is 17.2 Å². The minimum Gasteiger partial charge on any atom is -0.480 e. The Kier molecular flexibility index (Phi) is 2.45. The third-order valence-electron chi connectivity index (χ3n) is 3.51. The molecule has 0 saturated heterocycles. The molecule has 6 heteroatoms. The molecule has 5 nitrogen and oxygen atoms in total. The normalized spacial score (nSPS) is 25.5. The van der Waals surface area contributed by atoms with Gasteiger partial charge in [-0.1, -0.05) is 11.6 Å². The van der Waals surface area contributed by atoms with Crippen LogP contribution in [0.3, 0.4) is 0 Å². The fraction of sp³-hybridized carbons (Fsp3) is 0.231. The zero-order valence-electron chi connectivity index (χ0n) is 9.72. The van der Waals surface area contributed by atoms with E-state index < -0.39 is 17.4 Å². The molecule has 1 aliphatic rings. The van der Waals surface area contributed by atoms with Crippen LogP contribution in [0.25, 0.3) is 11.0 Å². The first-order chi connectivity index (χ1) is 8.93. The van der Waals surface area contributed by atoms with Crippen LogP contribution in [-0.4, -0.2) is 22.4 Å². The molecule has 3 N–H and O–H groups in total. The van der Waals surface area contributed by atoms with Crippen LogP contribution in [0, 0.1) is 5.92 Å². The quantitative estimate of drug-likeness (QED) is 0.839. The lowest BCUT2D eigenvalue weighted by Crippen LogP contribution is -2.36. The Morgan fingerprint density at radius 1 is 1.47 bits per heavy atom. The number of Topliss-reactive ketones (excluding diaryl/α,β-unsaturated/α-hetero) is 1. The summed E-state index contributed by atoms with van der Waals surface area (Å²) < 4.78 is 5.18. The average Bonchev–Trinajstić information content (AvgIpc) is 2.85. The summed E-state index contributed by atoms with van der Waals surface area (Å²) in [4.78, 5) is 23.2. The molecule has 98 valence electrons. The number of ketones is 1. The van der Waals surface area contributed by atoms with Gasteiger partial charge >= 0.3 is 5.97 Å². The van der Waals surface area contributed by atoms with Gasteiger partial charge in [0.15, 0.2) is 11.4 Å². The van der Waals surface area contributed by atoms with E-state index in [9.17, 15) is 9.59 Å². The van der Waals surface area contributed by atoms with E-state index in [0.29, 0.717) is 21.6 Å². The number of benzene rings is 1. The number of carbonyl (C=O) groups is 2. The molecule has 1 aromatic carbocycles. The molecule has 2 aromatic rings. The number of halogens is 1. The Hall–Kier alpha value is -1.85. The molecule has 1 fully saturated rings. The summed E-state index contributed by atoms with van der Waals surface area (Å²) in [5, 5.41) is 9.98. The van der Waals surface area contributed by atoms with Gasteiger partial charge in [-0.2, -0.15) is 0 Å². The molecule has 19 heavy (non-hydrogen) atoms. The lowest BCUT2D eigenvalue weighted by molar-refractivity contribution is -0.139. The Morgan fingerprint density at radius 3 is 2.84 bits per heavy atom. The Balaban J connectivity index is 1.97. The van der Waals surface area contributed by atoms with Crippen LogP contribution in [0.4, 0.5) is 0 Å². The first-order valence-electron chi connectivity index (χ1n) is 5.67. The van der Waals surface area contributed by atoms with E-state index in [1.807, 2.05) is 0 Å². The summed E-state index contributed by atoms with van der Waals surface area (Å²) in [6, 6.07) is 4.81. The molecular weight excluding hydrogens is 270 g/mol. The van der Waals surface area contributed by atoms with E-state index in [0.717, 1.165) is 0 Å². The molecule has 2 atom stereocenters. The monoisotopic (exact) mass is 279 g/mol. The number of nitrogens with two attached hydrogens (primary N) is 1. The van der Waals surface area contributed by atoms with Crippen LogP contribution in [0.5, 0.6) is 0 Å². The highest BCUT2D eigenvalue weighted by Gasteiger charge is 2.61. The van der Waals surface area contributed by atoms with Gasteiger partial charge in [0.2, 0.25) is 0 Å². The molecule has 0 aliphatic heterocycles. The number of carbonyl (C=O) groups excluding carboxylic acids is 1.